The molecule has 10 N–H and O–H groups in total. The number of nitrogens with two attached hydrogens (primary N) is 3. The molecular weight excluding hydrogens is 422 g/mol. The second kappa shape index (κ2) is 12.8. The molecule has 32 heavy (non-hydrogen) atoms. The number of aliphatic hydroxyl groups is 1. The van der Waals surface area contributed by atoms with E-state index in [1.165, 1.54) is 4.90 Å². The average molecular weight is 458 g/mol. The summed E-state index contributed by atoms with van der Waals surface area (Å²) in [6.07, 6.45) is 1.59. The van der Waals surface area contributed by atoms with Gasteiger partial charge in [-0.15, -0.1) is 0 Å². The van der Waals surface area contributed by atoms with Gasteiger partial charge in [-0.1, -0.05) is 13.8 Å². The lowest BCUT2D eigenvalue weighted by molar-refractivity contribution is -0.150. The number of amides is 3. The van der Waals surface area contributed by atoms with Crippen LogP contribution in [0.1, 0.15) is 39.5 Å². The van der Waals surface area contributed by atoms with Crippen LogP contribution < -0.4 is 27.8 Å². The Balaban J connectivity index is 2.73. The van der Waals surface area contributed by atoms with E-state index in [4.69, 9.17) is 17.2 Å². The van der Waals surface area contributed by atoms with Crippen molar-refractivity contribution in [3.8, 4) is 0 Å². The number of aliphatic imine (C=N–C) groups is 1. The van der Waals surface area contributed by atoms with Crippen molar-refractivity contribution in [1.82, 2.24) is 15.5 Å². The first-order chi connectivity index (χ1) is 15.0. The summed E-state index contributed by atoms with van der Waals surface area (Å²) in [7, 11) is 0. The number of carboxylic acids is 1. The Hall–Kier alpha value is -2.93. The topological polar surface area (TPSA) is 226 Å². The van der Waals surface area contributed by atoms with E-state index in [1.807, 2.05) is 0 Å². The average Bonchev–Trinajstić information content (AvgIpc) is 3.22. The third kappa shape index (κ3) is 7.96. The number of hydrogen-bond donors (Lipinski definition) is 7. The van der Waals surface area contributed by atoms with Gasteiger partial charge in [-0.2, -0.15) is 0 Å². The fourth-order valence-corrected chi connectivity index (χ4v) is 3.36. The highest BCUT2D eigenvalue weighted by Gasteiger charge is 2.39. The van der Waals surface area contributed by atoms with Crippen LogP contribution in [0.4, 0.5) is 0 Å². The predicted octanol–water partition coefficient (Wildman–Crippen LogP) is -2.94. The number of hydrogen-bond acceptors (Lipinski definition) is 7. The molecule has 0 aromatic heterocycles. The maximum atomic E-state index is 12.9. The Morgan fingerprint density at radius 1 is 1.16 bits per heavy atom. The van der Waals surface area contributed by atoms with Crippen LogP contribution in [0.3, 0.4) is 0 Å². The molecule has 13 heteroatoms. The zero-order chi connectivity index (χ0) is 24.4. The first-order valence-electron chi connectivity index (χ1n) is 10.5. The van der Waals surface area contributed by atoms with Crippen molar-refractivity contribution in [2.75, 3.05) is 19.7 Å². The Morgan fingerprint density at radius 2 is 1.81 bits per heavy atom. The molecule has 1 rings (SSSR count). The Morgan fingerprint density at radius 3 is 2.34 bits per heavy atom. The number of nitrogens with zero attached hydrogens (tertiary/aromatic N) is 2. The zero-order valence-electron chi connectivity index (χ0n) is 18.5. The van der Waals surface area contributed by atoms with Crippen molar-refractivity contribution < 1.29 is 29.4 Å². The molecule has 1 saturated heterocycles. The summed E-state index contributed by atoms with van der Waals surface area (Å²) in [6.45, 7) is 3.27. The minimum atomic E-state index is -1.32. The lowest BCUT2D eigenvalue weighted by Crippen LogP contribution is -2.59. The molecule has 1 aliphatic rings. The van der Waals surface area contributed by atoms with E-state index in [2.05, 4.69) is 15.6 Å². The summed E-state index contributed by atoms with van der Waals surface area (Å²) >= 11 is 0. The monoisotopic (exact) mass is 457 g/mol. The van der Waals surface area contributed by atoms with Crippen molar-refractivity contribution >= 4 is 29.7 Å². The molecule has 3 amide bonds. The van der Waals surface area contributed by atoms with Gasteiger partial charge in [-0.25, -0.2) is 4.79 Å². The number of rotatable bonds is 12. The molecule has 0 spiro atoms. The highest BCUT2D eigenvalue weighted by atomic mass is 16.4. The van der Waals surface area contributed by atoms with Crippen LogP contribution in [0.25, 0.3) is 0 Å². The fourth-order valence-electron chi connectivity index (χ4n) is 3.36. The van der Waals surface area contributed by atoms with E-state index in [1.54, 1.807) is 13.8 Å². The molecule has 0 aromatic carbocycles. The van der Waals surface area contributed by atoms with E-state index >= 15 is 0 Å². The summed E-state index contributed by atoms with van der Waals surface area (Å²) in [5.74, 6) is -3.46. The van der Waals surface area contributed by atoms with Crippen LogP contribution >= 0.6 is 0 Å². The van der Waals surface area contributed by atoms with Gasteiger partial charge in [-0.05, 0) is 31.6 Å². The zero-order valence-corrected chi connectivity index (χ0v) is 18.5. The van der Waals surface area contributed by atoms with Crippen molar-refractivity contribution in [3.05, 3.63) is 0 Å². The van der Waals surface area contributed by atoms with Gasteiger partial charge in [0.05, 0.1) is 12.6 Å². The summed E-state index contributed by atoms with van der Waals surface area (Å²) in [6, 6.07) is -4.23. The maximum Gasteiger partial charge on any atom is 0.326 e. The number of nitrogens with one attached hydrogen (secondary N) is 2. The van der Waals surface area contributed by atoms with Gasteiger partial charge in [-0.3, -0.25) is 19.4 Å². The number of guanidine groups is 1. The van der Waals surface area contributed by atoms with Crippen LogP contribution in [-0.4, -0.2) is 88.6 Å². The second-order valence-electron chi connectivity index (χ2n) is 8.06. The number of likely N-dealkylation sites (tertiary alicyclic amines) is 1. The van der Waals surface area contributed by atoms with Gasteiger partial charge < -0.3 is 42.9 Å². The predicted molar refractivity (Wildman–Crippen MR) is 116 cm³/mol. The molecule has 4 atom stereocenters. The van der Waals surface area contributed by atoms with Crippen LogP contribution in [0.5, 0.6) is 0 Å². The summed E-state index contributed by atoms with van der Waals surface area (Å²) in [4.78, 5) is 54.3. The highest BCUT2D eigenvalue weighted by Crippen LogP contribution is 2.20. The van der Waals surface area contributed by atoms with Crippen LogP contribution in [0.2, 0.25) is 0 Å². The number of carboxylic acid groups (broad SMARTS) is 1. The van der Waals surface area contributed by atoms with Crippen LogP contribution in [0.15, 0.2) is 4.99 Å². The van der Waals surface area contributed by atoms with Gasteiger partial charge >= 0.3 is 5.97 Å². The van der Waals surface area contributed by atoms with Gasteiger partial charge in [0.1, 0.15) is 18.1 Å². The van der Waals surface area contributed by atoms with Gasteiger partial charge in [0.15, 0.2) is 5.96 Å². The lowest BCUT2D eigenvalue weighted by atomic mass is 10.0. The molecule has 0 aliphatic carbocycles. The molecule has 1 aliphatic heterocycles. The Kier molecular flexibility index (Phi) is 10.9. The van der Waals surface area contributed by atoms with Crippen LogP contribution in [-0.2, 0) is 19.2 Å². The first-order valence-corrected chi connectivity index (χ1v) is 10.5. The quantitative estimate of drug-likeness (QED) is 0.0902. The number of aliphatic hydroxyl groups excluding tert-OH is 1. The fraction of sp³-hybridized carbons (Fsp3) is 0.737. The third-order valence-electron chi connectivity index (χ3n) is 5.17. The van der Waals surface area contributed by atoms with Crippen LogP contribution in [0, 0.1) is 5.92 Å². The SMILES string of the molecule is CC(C)C(NC(=O)C(CO)NC(=O)C(N)CCCN=C(N)N)C(=O)N1CCCC1C(=O)O. The van der Waals surface area contributed by atoms with Gasteiger partial charge in [0.25, 0.3) is 0 Å². The van der Waals surface area contributed by atoms with E-state index in [0.717, 1.165) is 0 Å². The Bertz CT molecular complexity index is 710. The summed E-state index contributed by atoms with van der Waals surface area (Å²) in [5, 5.41) is 23.8. The molecule has 4 unspecified atom stereocenters. The Labute approximate surface area is 186 Å². The molecule has 0 radical (unpaired) electrons. The smallest absolute Gasteiger partial charge is 0.326 e. The largest absolute Gasteiger partial charge is 0.480 e. The summed E-state index contributed by atoms with van der Waals surface area (Å²) in [5.41, 5.74) is 16.2. The second-order valence-corrected chi connectivity index (χ2v) is 8.06. The number of aliphatic carboxylic acids is 1. The highest BCUT2D eigenvalue weighted by molar-refractivity contribution is 5.94. The standard InChI is InChI=1S/C19H35N7O6/c1-10(2)14(17(30)26-8-4-6-13(26)18(31)32)25-16(29)12(9-27)24-15(28)11(20)5-3-7-23-19(21)22/h10-14,27H,3-9,20H2,1-2H3,(H,24,28)(H,25,29)(H,31,32)(H4,21,22,23). The van der Waals surface area contributed by atoms with Crippen molar-refractivity contribution in [1.29, 1.82) is 0 Å². The first kappa shape index (κ1) is 27.1. The van der Waals surface area contributed by atoms with E-state index < -0.39 is 54.5 Å². The lowest BCUT2D eigenvalue weighted by Gasteiger charge is -2.30. The third-order valence-corrected chi connectivity index (χ3v) is 5.17. The minimum Gasteiger partial charge on any atom is -0.480 e. The molecule has 0 bridgehead atoms. The van der Waals surface area contributed by atoms with E-state index in [9.17, 15) is 29.4 Å². The molecule has 13 nitrogen and oxygen atoms in total. The molecule has 0 saturated carbocycles. The molecular formula is C19H35N7O6. The van der Waals surface area contributed by atoms with Crippen molar-refractivity contribution in [3.63, 3.8) is 0 Å². The minimum absolute atomic E-state index is 0.0714. The van der Waals surface area contributed by atoms with E-state index in [-0.39, 0.29) is 24.8 Å². The van der Waals surface area contributed by atoms with Gasteiger partial charge in [0, 0.05) is 13.1 Å². The maximum absolute atomic E-state index is 12.9. The number of carbonyl (C=O) groups is 4. The van der Waals surface area contributed by atoms with E-state index in [0.29, 0.717) is 25.8 Å². The van der Waals surface area contributed by atoms with Gasteiger partial charge in [0.2, 0.25) is 17.7 Å². The molecule has 1 heterocycles. The number of carbonyl (C=O) groups excluding carboxylic acids is 3. The van der Waals surface area contributed by atoms with Crippen molar-refractivity contribution in [2.24, 2.45) is 28.1 Å². The molecule has 182 valence electrons. The molecule has 0 aromatic rings. The molecule has 1 fully saturated rings. The summed E-state index contributed by atoms with van der Waals surface area (Å²) < 4.78 is 0. The van der Waals surface area contributed by atoms with Crippen molar-refractivity contribution in [2.45, 2.75) is 63.7 Å². The normalized spacial score (nSPS) is 18.5.